The van der Waals surface area contributed by atoms with Crippen molar-refractivity contribution in [3.8, 4) is 6.07 Å². The van der Waals surface area contributed by atoms with Crippen molar-refractivity contribution in [2.45, 2.75) is 37.7 Å². The summed E-state index contributed by atoms with van der Waals surface area (Å²) in [6.07, 6.45) is 0. The first-order chi connectivity index (χ1) is 13.2. The summed E-state index contributed by atoms with van der Waals surface area (Å²) in [7, 11) is -3.46. The molecule has 150 valence electrons. The van der Waals surface area contributed by atoms with Crippen LogP contribution in [-0.4, -0.2) is 31.9 Å². The monoisotopic (exact) mass is 401 g/mol. The molecule has 2 atom stereocenters. The highest BCUT2D eigenvalue weighted by Gasteiger charge is 2.27. The molecule has 0 radical (unpaired) electrons. The van der Waals surface area contributed by atoms with Gasteiger partial charge in [-0.2, -0.15) is 5.26 Å². The number of hydrogen-bond donors (Lipinski definition) is 3. The topological polar surface area (TPSA) is 102 Å². The second-order valence-electron chi connectivity index (χ2n) is 7.19. The molecule has 0 aliphatic rings. The smallest absolute Gasteiger partial charge is 0.214 e. The van der Waals surface area contributed by atoms with Gasteiger partial charge in [0.15, 0.2) is 0 Å². The maximum absolute atomic E-state index is 12.0. The van der Waals surface area contributed by atoms with Crippen LogP contribution in [0, 0.1) is 11.3 Å². The van der Waals surface area contributed by atoms with Crippen LogP contribution in [0.15, 0.2) is 54.6 Å². The van der Waals surface area contributed by atoms with Crippen molar-refractivity contribution in [1.29, 1.82) is 5.26 Å². The summed E-state index contributed by atoms with van der Waals surface area (Å²) in [4.78, 5) is 0. The van der Waals surface area contributed by atoms with Crippen LogP contribution in [0.3, 0.4) is 0 Å². The van der Waals surface area contributed by atoms with Gasteiger partial charge in [-0.15, -0.1) is 0 Å². The van der Waals surface area contributed by atoms with Gasteiger partial charge in [-0.3, -0.25) is 5.32 Å². The molecule has 0 bridgehead atoms. The zero-order chi connectivity index (χ0) is 20.8. The average molecular weight is 402 g/mol. The van der Waals surface area contributed by atoms with Crippen LogP contribution >= 0.6 is 0 Å². The van der Waals surface area contributed by atoms with Crippen LogP contribution in [0.1, 0.15) is 43.5 Å². The number of hydrogen-bond acceptors (Lipinski definition) is 5. The highest BCUT2D eigenvalue weighted by atomic mass is 32.2. The molecule has 7 heteroatoms. The molecule has 3 N–H and O–H groups in total. The van der Waals surface area contributed by atoms with Gasteiger partial charge in [-0.1, -0.05) is 54.6 Å². The fourth-order valence-electron chi connectivity index (χ4n) is 2.77. The lowest BCUT2D eigenvalue weighted by atomic mass is 9.92. The summed E-state index contributed by atoms with van der Waals surface area (Å²) in [5, 5.41) is 22.3. The molecule has 0 spiro atoms. The van der Waals surface area contributed by atoms with E-state index in [0.717, 1.165) is 11.1 Å². The number of aliphatic hydroxyl groups is 1. The van der Waals surface area contributed by atoms with Gasteiger partial charge in [-0.05, 0) is 37.5 Å². The number of benzene rings is 2. The Labute approximate surface area is 167 Å². The van der Waals surface area contributed by atoms with E-state index in [9.17, 15) is 13.5 Å². The molecule has 2 unspecified atom stereocenters. The van der Waals surface area contributed by atoms with E-state index in [1.54, 1.807) is 32.9 Å². The van der Waals surface area contributed by atoms with E-state index in [1.165, 1.54) is 0 Å². The van der Waals surface area contributed by atoms with Crippen LogP contribution in [0.25, 0.3) is 0 Å². The van der Waals surface area contributed by atoms with Gasteiger partial charge in [0.25, 0.3) is 0 Å². The second-order valence-corrected chi connectivity index (χ2v) is 9.51. The van der Waals surface area contributed by atoms with Gasteiger partial charge in [0.1, 0.15) is 5.60 Å². The molecule has 28 heavy (non-hydrogen) atoms. The van der Waals surface area contributed by atoms with Crippen molar-refractivity contribution in [3.05, 3.63) is 71.3 Å². The highest BCUT2D eigenvalue weighted by molar-refractivity contribution is 7.90. The Hall–Kier alpha value is -2.24. The summed E-state index contributed by atoms with van der Waals surface area (Å²) in [5.41, 5.74) is 1.24. The minimum Gasteiger partial charge on any atom is -0.384 e. The Kier molecular flexibility index (Phi) is 7.33. The van der Waals surface area contributed by atoms with E-state index < -0.39 is 20.9 Å². The molecular weight excluding hydrogens is 374 g/mol. The Morgan fingerprint density at radius 1 is 1.07 bits per heavy atom. The van der Waals surface area contributed by atoms with Crippen LogP contribution in [0.5, 0.6) is 0 Å². The summed E-state index contributed by atoms with van der Waals surface area (Å²) in [5.74, 6) is 0. The normalized spacial score (nSPS) is 15.0. The van der Waals surface area contributed by atoms with E-state index in [0.29, 0.717) is 5.56 Å². The number of nitriles is 1. The summed E-state index contributed by atoms with van der Waals surface area (Å²) in [6.45, 7) is 4.85. The summed E-state index contributed by atoms with van der Waals surface area (Å²) in [6, 6.07) is 19.0. The Balaban J connectivity index is 2.21. The predicted octanol–water partition coefficient (Wildman–Crippen LogP) is 2.42. The zero-order valence-corrected chi connectivity index (χ0v) is 17.2. The molecule has 0 aliphatic heterocycles. The van der Waals surface area contributed by atoms with Crippen LogP contribution in [-0.2, 0) is 15.6 Å². The standard InChI is InChI=1S/C21H27N3O3S/c1-16(2)28(26,27)24-15-21(3,25)19-11-9-18(10-12-19)20(23-14-13-22)17-7-5-4-6-8-17/h4-12,16,20,23-25H,14-15H2,1-3H3. The third-order valence-electron chi connectivity index (χ3n) is 4.62. The molecule has 0 saturated carbocycles. The van der Waals surface area contributed by atoms with Crippen LogP contribution in [0.4, 0.5) is 0 Å². The number of rotatable bonds is 9. The van der Waals surface area contributed by atoms with E-state index in [-0.39, 0.29) is 19.1 Å². The quantitative estimate of drug-likeness (QED) is 0.560. The molecule has 2 rings (SSSR count). The van der Waals surface area contributed by atoms with Crippen molar-refractivity contribution in [3.63, 3.8) is 0 Å². The SMILES string of the molecule is CC(C)S(=O)(=O)NCC(C)(O)c1ccc(C(NCC#N)c2ccccc2)cc1. The fourth-order valence-corrected chi connectivity index (χ4v) is 3.58. The van der Waals surface area contributed by atoms with Gasteiger partial charge in [0, 0.05) is 6.54 Å². The minimum absolute atomic E-state index is 0.109. The van der Waals surface area contributed by atoms with Crippen molar-refractivity contribution in [2.75, 3.05) is 13.1 Å². The van der Waals surface area contributed by atoms with Gasteiger partial charge in [0.05, 0.1) is 23.9 Å². The molecule has 0 fully saturated rings. The first-order valence-corrected chi connectivity index (χ1v) is 10.7. The Morgan fingerprint density at radius 2 is 1.64 bits per heavy atom. The molecule has 6 nitrogen and oxygen atoms in total. The third-order valence-corrected chi connectivity index (χ3v) is 6.41. The number of sulfonamides is 1. The molecule has 2 aromatic carbocycles. The maximum atomic E-state index is 12.0. The van der Waals surface area contributed by atoms with E-state index in [2.05, 4.69) is 16.1 Å². The molecule has 0 heterocycles. The first kappa shape index (κ1) is 22.1. The van der Waals surface area contributed by atoms with Crippen molar-refractivity contribution < 1.29 is 13.5 Å². The fraction of sp³-hybridized carbons (Fsp3) is 0.381. The molecule has 2 aromatic rings. The molecular formula is C21H27N3O3S. The second kappa shape index (κ2) is 9.30. The lowest BCUT2D eigenvalue weighted by Crippen LogP contribution is -2.41. The largest absolute Gasteiger partial charge is 0.384 e. The lowest BCUT2D eigenvalue weighted by molar-refractivity contribution is 0.0627. The average Bonchev–Trinajstić information content (AvgIpc) is 2.68. The summed E-state index contributed by atoms with van der Waals surface area (Å²) < 4.78 is 26.4. The molecule has 0 amide bonds. The summed E-state index contributed by atoms with van der Waals surface area (Å²) >= 11 is 0. The van der Waals surface area contributed by atoms with Gasteiger partial charge < -0.3 is 5.11 Å². The van der Waals surface area contributed by atoms with Crippen molar-refractivity contribution in [2.24, 2.45) is 0 Å². The Morgan fingerprint density at radius 3 is 2.18 bits per heavy atom. The van der Waals surface area contributed by atoms with Crippen LogP contribution < -0.4 is 10.0 Å². The number of nitrogens with one attached hydrogen (secondary N) is 2. The van der Waals surface area contributed by atoms with E-state index in [4.69, 9.17) is 5.26 Å². The third kappa shape index (κ3) is 5.63. The van der Waals surface area contributed by atoms with Crippen molar-refractivity contribution in [1.82, 2.24) is 10.0 Å². The van der Waals surface area contributed by atoms with E-state index >= 15 is 0 Å². The highest BCUT2D eigenvalue weighted by Crippen LogP contribution is 2.26. The zero-order valence-electron chi connectivity index (χ0n) is 16.4. The number of nitrogens with zero attached hydrogens (tertiary/aromatic N) is 1. The first-order valence-electron chi connectivity index (χ1n) is 9.14. The minimum atomic E-state index is -3.46. The molecule has 0 aliphatic carbocycles. The van der Waals surface area contributed by atoms with E-state index in [1.807, 2.05) is 42.5 Å². The Bertz CT molecular complexity index is 902. The van der Waals surface area contributed by atoms with Gasteiger partial charge in [-0.25, -0.2) is 13.1 Å². The predicted molar refractivity (Wildman–Crippen MR) is 110 cm³/mol. The molecule has 0 aromatic heterocycles. The van der Waals surface area contributed by atoms with Crippen molar-refractivity contribution >= 4 is 10.0 Å². The van der Waals surface area contributed by atoms with Gasteiger partial charge >= 0.3 is 0 Å². The van der Waals surface area contributed by atoms with Crippen LogP contribution in [0.2, 0.25) is 0 Å². The lowest BCUT2D eigenvalue weighted by Gasteiger charge is -2.26. The maximum Gasteiger partial charge on any atom is 0.214 e. The molecule has 0 saturated heterocycles. The van der Waals surface area contributed by atoms with Gasteiger partial charge in [0.2, 0.25) is 10.0 Å².